The fourth-order valence-corrected chi connectivity index (χ4v) is 4.79. The van der Waals surface area contributed by atoms with Crippen LogP contribution in [0.1, 0.15) is 12.8 Å². The van der Waals surface area contributed by atoms with Gasteiger partial charge in [0.05, 0.1) is 39.4 Å². The zero-order valence-corrected chi connectivity index (χ0v) is 17.6. The first kappa shape index (κ1) is 20.3. The van der Waals surface area contributed by atoms with Crippen LogP contribution in [0.2, 0.25) is 0 Å². The number of hydrogen-bond acceptors (Lipinski definition) is 8. The van der Waals surface area contributed by atoms with Gasteiger partial charge >= 0.3 is 5.76 Å². The molecule has 0 aliphatic carbocycles. The molecule has 11 heteroatoms. The van der Waals surface area contributed by atoms with Crippen LogP contribution in [0.25, 0.3) is 21.3 Å². The van der Waals surface area contributed by atoms with Gasteiger partial charge in [0.15, 0.2) is 10.7 Å². The molecule has 1 saturated heterocycles. The Bertz CT molecular complexity index is 1350. The van der Waals surface area contributed by atoms with E-state index in [2.05, 4.69) is 4.98 Å². The van der Waals surface area contributed by atoms with Crippen LogP contribution in [0.3, 0.4) is 0 Å². The number of non-ortho nitro benzene ring substituents is 1. The molecule has 0 bridgehead atoms. The molecular weight excluding hydrogens is 436 g/mol. The lowest BCUT2D eigenvalue weighted by Gasteiger charge is -2.23. The fraction of sp³-hybridized carbons (Fsp3) is 0.286. The highest BCUT2D eigenvalue weighted by molar-refractivity contribution is 7.22. The molecule has 0 saturated carbocycles. The number of anilines is 1. The standard InChI is InChI=1S/C21H18N4O6S/c26-19(12-23-16-8-7-13(25(28)29)10-17(16)31-21(23)27)24(11-14-4-3-9-30-14)20-22-15-5-1-2-6-18(15)32-20/h1-2,5-8,10,14H,3-4,9,11-12H2. The van der Waals surface area contributed by atoms with E-state index in [1.807, 2.05) is 24.3 Å². The SMILES string of the molecule is O=C(Cn1c(=O)oc2cc([N+](=O)[O-])ccc21)N(CC1CCCO1)c1nc2ccccc2s1. The highest BCUT2D eigenvalue weighted by Gasteiger charge is 2.27. The minimum absolute atomic E-state index is 0.0580. The van der Waals surface area contributed by atoms with Gasteiger partial charge in [0, 0.05) is 12.7 Å². The van der Waals surface area contributed by atoms with Gasteiger partial charge in [0.25, 0.3) is 5.69 Å². The second kappa shape index (κ2) is 8.17. The van der Waals surface area contributed by atoms with Crippen molar-refractivity contribution in [2.45, 2.75) is 25.5 Å². The quantitative estimate of drug-likeness (QED) is 0.324. The number of ether oxygens (including phenoxy) is 1. The lowest BCUT2D eigenvalue weighted by molar-refractivity contribution is -0.384. The Kier molecular flexibility index (Phi) is 5.19. The normalized spacial score (nSPS) is 16.1. The largest absolute Gasteiger partial charge is 0.420 e. The second-order valence-electron chi connectivity index (χ2n) is 7.47. The molecule has 0 radical (unpaired) electrons. The van der Waals surface area contributed by atoms with Crippen LogP contribution < -0.4 is 10.7 Å². The Morgan fingerprint density at radius 3 is 2.91 bits per heavy atom. The first-order valence-corrected chi connectivity index (χ1v) is 10.9. The summed E-state index contributed by atoms with van der Waals surface area (Å²) in [5.41, 5.74) is 0.966. The molecular formula is C21H18N4O6S. The molecule has 2 aromatic carbocycles. The molecule has 1 amide bonds. The predicted molar refractivity (Wildman–Crippen MR) is 118 cm³/mol. The number of nitrogens with zero attached hydrogens (tertiary/aromatic N) is 4. The van der Waals surface area contributed by atoms with Crippen molar-refractivity contribution in [1.82, 2.24) is 9.55 Å². The summed E-state index contributed by atoms with van der Waals surface area (Å²) in [6.07, 6.45) is 1.66. The zero-order valence-electron chi connectivity index (χ0n) is 16.8. The van der Waals surface area contributed by atoms with Crippen molar-refractivity contribution in [2.75, 3.05) is 18.1 Å². The number of oxazole rings is 1. The van der Waals surface area contributed by atoms with Gasteiger partial charge in [-0.3, -0.25) is 24.4 Å². The van der Waals surface area contributed by atoms with Crippen molar-refractivity contribution in [3.63, 3.8) is 0 Å². The van der Waals surface area contributed by atoms with Gasteiger partial charge in [-0.2, -0.15) is 0 Å². The van der Waals surface area contributed by atoms with E-state index >= 15 is 0 Å². The summed E-state index contributed by atoms with van der Waals surface area (Å²) >= 11 is 1.40. The van der Waals surface area contributed by atoms with Crippen LogP contribution in [-0.2, 0) is 16.1 Å². The summed E-state index contributed by atoms with van der Waals surface area (Å²) < 4.78 is 13.0. The summed E-state index contributed by atoms with van der Waals surface area (Å²) in [7, 11) is 0. The summed E-state index contributed by atoms with van der Waals surface area (Å²) in [4.78, 5) is 42.4. The molecule has 2 aromatic heterocycles. The fourth-order valence-electron chi connectivity index (χ4n) is 3.79. The Balaban J connectivity index is 1.49. The van der Waals surface area contributed by atoms with Crippen LogP contribution in [0.5, 0.6) is 0 Å². The van der Waals surface area contributed by atoms with Crippen molar-refractivity contribution in [1.29, 1.82) is 0 Å². The monoisotopic (exact) mass is 454 g/mol. The van der Waals surface area contributed by atoms with Crippen molar-refractivity contribution >= 4 is 49.4 Å². The van der Waals surface area contributed by atoms with Crippen molar-refractivity contribution < 1.29 is 18.9 Å². The molecule has 32 heavy (non-hydrogen) atoms. The smallest absolute Gasteiger partial charge is 0.407 e. The van der Waals surface area contributed by atoms with Crippen molar-refractivity contribution in [3.05, 3.63) is 63.1 Å². The molecule has 5 rings (SSSR count). The van der Waals surface area contributed by atoms with Crippen LogP contribution in [0.4, 0.5) is 10.8 Å². The first-order chi connectivity index (χ1) is 15.5. The van der Waals surface area contributed by atoms with E-state index in [9.17, 15) is 19.7 Å². The number of carbonyl (C=O) groups excluding carboxylic acids is 1. The maximum absolute atomic E-state index is 13.4. The van der Waals surface area contributed by atoms with Gasteiger partial charge < -0.3 is 9.15 Å². The third kappa shape index (κ3) is 3.76. The molecule has 4 aromatic rings. The average molecular weight is 454 g/mol. The zero-order chi connectivity index (χ0) is 22.2. The third-order valence-electron chi connectivity index (χ3n) is 5.38. The molecule has 3 heterocycles. The Hall–Kier alpha value is -3.57. The Morgan fingerprint density at radius 1 is 1.31 bits per heavy atom. The first-order valence-electron chi connectivity index (χ1n) is 10.0. The minimum Gasteiger partial charge on any atom is -0.407 e. The third-order valence-corrected chi connectivity index (χ3v) is 6.44. The number of hydrogen-bond donors (Lipinski definition) is 0. The Labute approximate surface area is 184 Å². The number of fused-ring (bicyclic) bond motifs is 2. The van der Waals surface area contributed by atoms with E-state index in [-0.39, 0.29) is 29.8 Å². The molecule has 10 nitrogen and oxygen atoms in total. The number of aromatic nitrogens is 2. The van der Waals surface area contributed by atoms with E-state index in [0.717, 1.165) is 23.1 Å². The van der Waals surface area contributed by atoms with Crippen molar-refractivity contribution in [3.8, 4) is 0 Å². The number of rotatable bonds is 6. The summed E-state index contributed by atoms with van der Waals surface area (Å²) in [5.74, 6) is -1.10. The number of nitro benzene ring substituents is 1. The van der Waals surface area contributed by atoms with Crippen LogP contribution >= 0.6 is 11.3 Å². The van der Waals surface area contributed by atoms with Gasteiger partial charge in [-0.15, -0.1) is 0 Å². The average Bonchev–Trinajstić information content (AvgIpc) is 3.50. The maximum Gasteiger partial charge on any atom is 0.420 e. The minimum atomic E-state index is -0.754. The molecule has 164 valence electrons. The number of benzene rings is 2. The van der Waals surface area contributed by atoms with Gasteiger partial charge in [0.1, 0.15) is 6.54 Å². The summed E-state index contributed by atoms with van der Waals surface area (Å²) in [6.45, 7) is 0.693. The predicted octanol–water partition coefficient (Wildman–Crippen LogP) is 3.32. The van der Waals surface area contributed by atoms with Crippen LogP contribution in [-0.4, -0.2) is 39.6 Å². The molecule has 1 atom stereocenters. The van der Waals surface area contributed by atoms with E-state index in [1.54, 1.807) is 4.90 Å². The molecule has 1 fully saturated rings. The van der Waals surface area contributed by atoms with Crippen LogP contribution in [0.15, 0.2) is 51.7 Å². The molecule has 1 aliphatic rings. The number of para-hydroxylation sites is 1. The number of thiazole rings is 1. The maximum atomic E-state index is 13.4. The highest BCUT2D eigenvalue weighted by Crippen LogP contribution is 2.30. The van der Waals surface area contributed by atoms with Gasteiger partial charge in [0.2, 0.25) is 5.91 Å². The van der Waals surface area contributed by atoms with Gasteiger partial charge in [-0.25, -0.2) is 9.78 Å². The second-order valence-corrected chi connectivity index (χ2v) is 8.48. The van der Waals surface area contributed by atoms with Crippen LogP contribution in [0, 0.1) is 10.1 Å². The van der Waals surface area contributed by atoms with Crippen molar-refractivity contribution in [2.24, 2.45) is 0 Å². The number of carbonyl (C=O) groups is 1. The number of nitro groups is 1. The Morgan fingerprint density at radius 2 is 2.16 bits per heavy atom. The van der Waals surface area contributed by atoms with E-state index in [1.165, 1.54) is 34.1 Å². The van der Waals surface area contributed by atoms with E-state index in [0.29, 0.717) is 23.8 Å². The molecule has 0 N–H and O–H groups in total. The number of amides is 1. The van der Waals surface area contributed by atoms with Gasteiger partial charge in [-0.05, 0) is 31.0 Å². The summed E-state index contributed by atoms with van der Waals surface area (Å²) in [6, 6.07) is 11.5. The molecule has 1 aliphatic heterocycles. The molecule has 0 spiro atoms. The van der Waals surface area contributed by atoms with Gasteiger partial charge in [-0.1, -0.05) is 23.5 Å². The van der Waals surface area contributed by atoms with E-state index < -0.39 is 10.7 Å². The topological polar surface area (TPSA) is 121 Å². The highest BCUT2D eigenvalue weighted by atomic mass is 32.1. The lowest BCUT2D eigenvalue weighted by Crippen LogP contribution is -2.40. The lowest BCUT2D eigenvalue weighted by atomic mass is 10.2. The summed E-state index contributed by atoms with van der Waals surface area (Å²) in [5, 5.41) is 11.5. The van der Waals surface area contributed by atoms with E-state index in [4.69, 9.17) is 9.15 Å². The molecule has 1 unspecified atom stereocenters.